The second-order valence-corrected chi connectivity index (χ2v) is 7.36. The Bertz CT molecular complexity index is 1230. The van der Waals surface area contributed by atoms with E-state index in [1.165, 1.54) is 13.3 Å². The fourth-order valence-electron chi connectivity index (χ4n) is 3.16. The van der Waals surface area contributed by atoms with Gasteiger partial charge in [-0.1, -0.05) is 30.3 Å². The maximum absolute atomic E-state index is 11.6. The van der Waals surface area contributed by atoms with Crippen molar-refractivity contribution in [1.82, 2.24) is 15.0 Å². The van der Waals surface area contributed by atoms with E-state index in [9.17, 15) is 4.79 Å². The minimum atomic E-state index is -0.440. The number of pyridine rings is 2. The highest BCUT2D eigenvalue weighted by atomic mass is 16.6. The van der Waals surface area contributed by atoms with E-state index in [4.69, 9.17) is 9.15 Å². The lowest BCUT2D eigenvalue weighted by molar-refractivity contribution is 0.0600. The molecule has 5 rings (SSSR count). The maximum atomic E-state index is 11.6. The van der Waals surface area contributed by atoms with Gasteiger partial charge in [0.05, 0.1) is 12.7 Å². The van der Waals surface area contributed by atoms with E-state index < -0.39 is 5.97 Å². The number of ether oxygens (including phenoxy) is 2. The Morgan fingerprint density at radius 3 is 2.62 bits per heavy atom. The highest BCUT2D eigenvalue weighted by molar-refractivity contribution is 5.89. The Balaban J connectivity index is 1.37. The summed E-state index contributed by atoms with van der Waals surface area (Å²) in [5, 5.41) is 3.09. The normalized spacial score (nSPS) is 12.9. The summed E-state index contributed by atoms with van der Waals surface area (Å²) < 4.78 is 16.7. The molecule has 8 nitrogen and oxygen atoms in total. The number of nitrogens with one attached hydrogen (secondary N) is 1. The molecule has 1 aliphatic rings. The van der Waals surface area contributed by atoms with Crippen LogP contribution in [0.3, 0.4) is 0 Å². The van der Waals surface area contributed by atoms with Gasteiger partial charge >= 0.3 is 11.9 Å². The molecule has 1 aliphatic carbocycles. The van der Waals surface area contributed by atoms with Gasteiger partial charge in [-0.2, -0.15) is 0 Å². The standard InChI is InChI=1S/C24H20N4O4/c1-30-23(29)17-9-10-19(26-14-17)27-20-13-18(11-12-25-20)31-24-21(15-5-3-2-4-6-15)28-22(32-24)16-7-8-16/h2-6,9-14,16H,7-8H2,1H3,(H,25,26,27). The lowest BCUT2D eigenvalue weighted by Crippen LogP contribution is -2.03. The molecule has 0 saturated heterocycles. The van der Waals surface area contributed by atoms with Gasteiger partial charge in [0.15, 0.2) is 5.69 Å². The van der Waals surface area contributed by atoms with Gasteiger partial charge in [-0.15, -0.1) is 0 Å². The van der Waals surface area contributed by atoms with Crippen molar-refractivity contribution in [2.75, 3.05) is 12.4 Å². The van der Waals surface area contributed by atoms with Crippen LogP contribution < -0.4 is 10.1 Å². The highest BCUT2D eigenvalue weighted by Gasteiger charge is 2.31. The number of methoxy groups -OCH3 is 1. The third-order valence-electron chi connectivity index (χ3n) is 4.97. The van der Waals surface area contributed by atoms with Crippen molar-refractivity contribution in [1.29, 1.82) is 0 Å². The minimum absolute atomic E-state index is 0.357. The summed E-state index contributed by atoms with van der Waals surface area (Å²) in [6.07, 6.45) is 5.23. The average Bonchev–Trinajstić information content (AvgIpc) is 3.60. The summed E-state index contributed by atoms with van der Waals surface area (Å²) >= 11 is 0. The number of rotatable bonds is 7. The monoisotopic (exact) mass is 428 g/mol. The first-order chi connectivity index (χ1) is 15.7. The van der Waals surface area contributed by atoms with E-state index in [0.29, 0.717) is 46.4 Å². The summed E-state index contributed by atoms with van der Waals surface area (Å²) in [6.45, 7) is 0. The molecule has 3 heterocycles. The molecule has 0 amide bonds. The van der Waals surface area contributed by atoms with Crippen LogP contribution in [0.1, 0.15) is 35.0 Å². The highest BCUT2D eigenvalue weighted by Crippen LogP contribution is 2.44. The van der Waals surface area contributed by atoms with E-state index in [2.05, 4.69) is 25.0 Å². The molecule has 32 heavy (non-hydrogen) atoms. The molecule has 0 radical (unpaired) electrons. The summed E-state index contributed by atoms with van der Waals surface area (Å²) in [5.74, 6) is 2.60. The van der Waals surface area contributed by atoms with Crippen molar-refractivity contribution >= 4 is 17.6 Å². The Labute approximate surface area is 184 Å². The number of anilines is 2. The number of hydrogen-bond donors (Lipinski definition) is 1. The molecule has 0 aliphatic heterocycles. The Morgan fingerprint density at radius 1 is 1.06 bits per heavy atom. The predicted octanol–water partition coefficient (Wildman–Crippen LogP) is 5.33. The molecular formula is C24H20N4O4. The number of aromatic nitrogens is 3. The topological polar surface area (TPSA) is 99.4 Å². The van der Waals surface area contributed by atoms with Crippen LogP contribution in [0.5, 0.6) is 11.7 Å². The Hall–Kier alpha value is -4.20. The molecule has 0 atom stereocenters. The van der Waals surface area contributed by atoms with Gasteiger partial charge in [-0.3, -0.25) is 0 Å². The van der Waals surface area contributed by atoms with E-state index in [-0.39, 0.29) is 0 Å². The van der Waals surface area contributed by atoms with Gasteiger partial charge in [-0.05, 0) is 31.0 Å². The number of oxazole rings is 1. The minimum Gasteiger partial charge on any atom is -0.465 e. The number of benzene rings is 1. The third kappa shape index (κ3) is 4.29. The zero-order valence-corrected chi connectivity index (χ0v) is 17.3. The van der Waals surface area contributed by atoms with Gasteiger partial charge in [0.25, 0.3) is 0 Å². The molecule has 0 bridgehead atoms. The Kier molecular flexibility index (Phi) is 5.25. The lowest BCUT2D eigenvalue weighted by atomic mass is 10.2. The van der Waals surface area contributed by atoms with Crippen molar-refractivity contribution in [3.05, 3.63) is 78.4 Å². The van der Waals surface area contributed by atoms with Crippen LogP contribution in [0.2, 0.25) is 0 Å². The van der Waals surface area contributed by atoms with Gasteiger partial charge in [0.1, 0.15) is 17.4 Å². The molecule has 0 spiro atoms. The van der Waals surface area contributed by atoms with Crippen LogP contribution in [0, 0.1) is 0 Å². The third-order valence-corrected chi connectivity index (χ3v) is 4.97. The summed E-state index contributed by atoms with van der Waals surface area (Å²) in [7, 11) is 1.33. The van der Waals surface area contributed by atoms with E-state index in [1.54, 1.807) is 30.5 Å². The van der Waals surface area contributed by atoms with Crippen LogP contribution in [-0.4, -0.2) is 28.0 Å². The van der Waals surface area contributed by atoms with Crippen LogP contribution in [0.15, 0.2) is 71.4 Å². The van der Waals surface area contributed by atoms with Gasteiger partial charge < -0.3 is 19.2 Å². The fraction of sp³-hybridized carbons (Fsp3) is 0.167. The number of carbonyl (C=O) groups excluding carboxylic acids is 1. The zero-order chi connectivity index (χ0) is 21.9. The molecule has 1 aromatic carbocycles. The van der Waals surface area contributed by atoms with Crippen molar-refractivity contribution in [2.24, 2.45) is 0 Å². The number of hydrogen-bond acceptors (Lipinski definition) is 8. The summed E-state index contributed by atoms with van der Waals surface area (Å²) in [6, 6.07) is 16.6. The van der Waals surface area contributed by atoms with Crippen molar-refractivity contribution < 1.29 is 18.7 Å². The Morgan fingerprint density at radius 2 is 1.91 bits per heavy atom. The second-order valence-electron chi connectivity index (χ2n) is 7.36. The largest absolute Gasteiger partial charge is 0.465 e. The molecular weight excluding hydrogens is 408 g/mol. The van der Waals surface area contributed by atoms with Crippen molar-refractivity contribution in [2.45, 2.75) is 18.8 Å². The molecule has 1 fully saturated rings. The van der Waals surface area contributed by atoms with Crippen LogP contribution in [-0.2, 0) is 4.74 Å². The maximum Gasteiger partial charge on any atom is 0.339 e. The number of carbonyl (C=O) groups is 1. The lowest BCUT2D eigenvalue weighted by Gasteiger charge is -2.08. The second kappa shape index (κ2) is 8.50. The van der Waals surface area contributed by atoms with E-state index >= 15 is 0 Å². The van der Waals surface area contributed by atoms with Crippen LogP contribution in [0.4, 0.5) is 11.6 Å². The molecule has 1 saturated carbocycles. The molecule has 1 N–H and O–H groups in total. The first-order valence-corrected chi connectivity index (χ1v) is 10.2. The first kappa shape index (κ1) is 19.7. The zero-order valence-electron chi connectivity index (χ0n) is 17.3. The molecule has 160 valence electrons. The average molecular weight is 428 g/mol. The molecule has 4 aromatic rings. The van der Waals surface area contributed by atoms with Crippen molar-refractivity contribution in [3.8, 4) is 23.0 Å². The predicted molar refractivity (Wildman–Crippen MR) is 117 cm³/mol. The van der Waals surface area contributed by atoms with Gasteiger partial charge in [0.2, 0.25) is 5.89 Å². The van der Waals surface area contributed by atoms with Crippen molar-refractivity contribution in [3.63, 3.8) is 0 Å². The quantitative estimate of drug-likeness (QED) is 0.394. The van der Waals surface area contributed by atoms with Gasteiger partial charge in [0, 0.05) is 29.9 Å². The first-order valence-electron chi connectivity index (χ1n) is 10.2. The molecule has 3 aromatic heterocycles. The van der Waals surface area contributed by atoms with Crippen LogP contribution >= 0.6 is 0 Å². The summed E-state index contributed by atoms with van der Waals surface area (Å²) in [5.41, 5.74) is 1.98. The smallest absolute Gasteiger partial charge is 0.339 e. The van der Waals surface area contributed by atoms with E-state index in [0.717, 1.165) is 18.4 Å². The molecule has 0 unspecified atom stereocenters. The number of nitrogens with zero attached hydrogens (tertiary/aromatic N) is 3. The fourth-order valence-corrected chi connectivity index (χ4v) is 3.16. The molecule has 8 heteroatoms. The van der Waals surface area contributed by atoms with E-state index in [1.807, 2.05) is 30.3 Å². The number of esters is 1. The SMILES string of the molecule is COC(=O)c1ccc(Nc2cc(Oc3oc(C4CC4)nc3-c3ccccc3)ccn2)nc1. The van der Waals surface area contributed by atoms with Gasteiger partial charge in [-0.25, -0.2) is 19.7 Å². The van der Waals surface area contributed by atoms with Crippen LogP contribution in [0.25, 0.3) is 11.3 Å². The summed E-state index contributed by atoms with van der Waals surface area (Å²) in [4.78, 5) is 24.8.